The van der Waals surface area contributed by atoms with Crippen molar-refractivity contribution in [2.45, 2.75) is 19.3 Å². The summed E-state index contributed by atoms with van der Waals surface area (Å²) in [5.41, 5.74) is 10.8. The Hall–Kier alpha value is -2.12. The molecule has 0 spiro atoms. The van der Waals surface area contributed by atoms with Crippen LogP contribution in [-0.2, 0) is 12.8 Å². The van der Waals surface area contributed by atoms with Gasteiger partial charge in [-0.05, 0) is 6.42 Å². The lowest BCUT2D eigenvalue weighted by Crippen LogP contribution is -1.94. The second-order valence-corrected chi connectivity index (χ2v) is 3.13. The van der Waals surface area contributed by atoms with Gasteiger partial charge >= 0.3 is 0 Å². The van der Waals surface area contributed by atoms with Crippen molar-refractivity contribution >= 4 is 11.9 Å². The molecule has 2 rings (SSSR count). The van der Waals surface area contributed by atoms with Gasteiger partial charge in [0.25, 0.3) is 0 Å². The summed E-state index contributed by atoms with van der Waals surface area (Å²) >= 11 is 0. The average Bonchev–Trinajstić information content (AvgIpc) is 2.76. The lowest BCUT2D eigenvalue weighted by molar-refractivity contribution is 0.744. The van der Waals surface area contributed by atoms with E-state index in [1.807, 2.05) is 0 Å². The number of nitrogens with two attached hydrogens (primary N) is 2. The summed E-state index contributed by atoms with van der Waals surface area (Å²) < 4.78 is 0. The standard InChI is InChI=1S/C7H12N8/c8-6-10-4(12-14-6)2-1-3-5-11-7(9)15-13-5/h1-3H2,(H3,8,10,12,14)(H3,9,11,13,15). The van der Waals surface area contributed by atoms with Crippen LogP contribution in [-0.4, -0.2) is 30.4 Å². The van der Waals surface area contributed by atoms with Gasteiger partial charge in [0.1, 0.15) is 0 Å². The monoisotopic (exact) mass is 208 g/mol. The minimum Gasteiger partial charge on any atom is -0.368 e. The van der Waals surface area contributed by atoms with Gasteiger partial charge < -0.3 is 11.5 Å². The molecule has 0 radical (unpaired) electrons. The molecule has 0 aliphatic rings. The fourth-order valence-corrected chi connectivity index (χ4v) is 1.25. The minimum atomic E-state index is 0.340. The normalized spacial score (nSPS) is 10.7. The Balaban J connectivity index is 1.80. The van der Waals surface area contributed by atoms with Crippen molar-refractivity contribution in [1.29, 1.82) is 0 Å². The third-order valence-electron chi connectivity index (χ3n) is 1.90. The van der Waals surface area contributed by atoms with E-state index in [0.717, 1.165) is 19.3 Å². The molecular weight excluding hydrogens is 196 g/mol. The Morgan fingerprint density at radius 2 is 1.33 bits per heavy atom. The number of H-pyrrole nitrogens is 2. The summed E-state index contributed by atoms with van der Waals surface area (Å²) in [6.07, 6.45) is 2.33. The molecule has 0 aromatic carbocycles. The molecule has 0 unspecified atom stereocenters. The van der Waals surface area contributed by atoms with Crippen molar-refractivity contribution in [3.63, 3.8) is 0 Å². The summed E-state index contributed by atoms with van der Waals surface area (Å²) in [7, 11) is 0. The van der Waals surface area contributed by atoms with Crippen molar-refractivity contribution in [3.05, 3.63) is 11.6 Å². The zero-order valence-electron chi connectivity index (χ0n) is 8.06. The fraction of sp³-hybridized carbons (Fsp3) is 0.429. The number of rotatable bonds is 4. The Morgan fingerprint density at radius 3 is 1.67 bits per heavy atom. The molecule has 0 fully saturated rings. The second kappa shape index (κ2) is 3.95. The van der Waals surface area contributed by atoms with E-state index in [1.165, 1.54) is 0 Å². The highest BCUT2D eigenvalue weighted by Crippen LogP contribution is 2.02. The maximum Gasteiger partial charge on any atom is 0.216 e. The molecule has 0 amide bonds. The zero-order valence-corrected chi connectivity index (χ0v) is 8.06. The number of nitrogens with zero attached hydrogens (tertiary/aromatic N) is 4. The fourth-order valence-electron chi connectivity index (χ4n) is 1.25. The van der Waals surface area contributed by atoms with Crippen LogP contribution >= 0.6 is 0 Å². The Morgan fingerprint density at radius 1 is 0.867 bits per heavy atom. The first-order valence-corrected chi connectivity index (χ1v) is 4.57. The number of anilines is 2. The highest BCUT2D eigenvalue weighted by Gasteiger charge is 2.03. The highest BCUT2D eigenvalue weighted by molar-refractivity contribution is 5.13. The smallest absolute Gasteiger partial charge is 0.216 e. The van der Waals surface area contributed by atoms with Gasteiger partial charge in [0, 0.05) is 12.8 Å². The molecule has 0 aliphatic heterocycles. The lowest BCUT2D eigenvalue weighted by Gasteiger charge is -1.92. The van der Waals surface area contributed by atoms with Crippen LogP contribution in [0.4, 0.5) is 11.9 Å². The topological polar surface area (TPSA) is 135 Å². The molecule has 0 aliphatic carbocycles. The third kappa shape index (κ3) is 2.42. The maximum atomic E-state index is 5.39. The summed E-state index contributed by atoms with van der Waals surface area (Å²) in [6, 6.07) is 0. The second-order valence-electron chi connectivity index (χ2n) is 3.13. The van der Waals surface area contributed by atoms with Gasteiger partial charge in [0.2, 0.25) is 11.9 Å². The molecule has 2 aromatic heterocycles. The number of hydrogen-bond donors (Lipinski definition) is 4. The molecule has 15 heavy (non-hydrogen) atoms. The van der Waals surface area contributed by atoms with Crippen LogP contribution in [0.2, 0.25) is 0 Å². The molecule has 0 saturated heterocycles. The Bertz CT molecular complexity index is 389. The van der Waals surface area contributed by atoms with E-state index in [2.05, 4.69) is 30.4 Å². The van der Waals surface area contributed by atoms with Crippen molar-refractivity contribution in [2.75, 3.05) is 11.5 Å². The van der Waals surface area contributed by atoms with Crippen LogP contribution < -0.4 is 11.5 Å². The van der Waals surface area contributed by atoms with Crippen LogP contribution in [0.25, 0.3) is 0 Å². The number of aromatic amines is 2. The van der Waals surface area contributed by atoms with Crippen molar-refractivity contribution in [3.8, 4) is 0 Å². The van der Waals surface area contributed by atoms with E-state index in [-0.39, 0.29) is 0 Å². The SMILES string of the molecule is Nc1nc(CCCc2n[nH]c(N)n2)n[nH]1. The van der Waals surface area contributed by atoms with Gasteiger partial charge in [0.15, 0.2) is 11.6 Å². The molecule has 0 saturated carbocycles. The van der Waals surface area contributed by atoms with Gasteiger partial charge in [-0.2, -0.15) is 20.2 Å². The Labute approximate surface area is 85.5 Å². The summed E-state index contributed by atoms with van der Waals surface area (Å²) in [4.78, 5) is 7.97. The van der Waals surface area contributed by atoms with Gasteiger partial charge in [-0.3, -0.25) is 0 Å². The van der Waals surface area contributed by atoms with Gasteiger partial charge in [-0.15, -0.1) is 0 Å². The maximum absolute atomic E-state index is 5.39. The summed E-state index contributed by atoms with van der Waals surface area (Å²) in [5.74, 6) is 2.09. The zero-order chi connectivity index (χ0) is 10.7. The van der Waals surface area contributed by atoms with E-state index in [4.69, 9.17) is 11.5 Å². The Kier molecular flexibility index (Phi) is 2.48. The van der Waals surface area contributed by atoms with E-state index in [9.17, 15) is 0 Å². The number of nitrogens with one attached hydrogen (secondary N) is 2. The van der Waals surface area contributed by atoms with Crippen LogP contribution in [0.3, 0.4) is 0 Å². The molecule has 2 heterocycles. The minimum absolute atomic E-state index is 0.340. The molecule has 8 heteroatoms. The van der Waals surface area contributed by atoms with E-state index < -0.39 is 0 Å². The molecule has 0 bridgehead atoms. The van der Waals surface area contributed by atoms with Crippen LogP contribution in [0.15, 0.2) is 0 Å². The van der Waals surface area contributed by atoms with Crippen molar-refractivity contribution < 1.29 is 0 Å². The van der Waals surface area contributed by atoms with E-state index in [0.29, 0.717) is 23.5 Å². The van der Waals surface area contributed by atoms with Crippen LogP contribution in [0, 0.1) is 0 Å². The quantitative estimate of drug-likeness (QED) is 0.522. The third-order valence-corrected chi connectivity index (χ3v) is 1.90. The summed E-state index contributed by atoms with van der Waals surface area (Å²) in [6.45, 7) is 0. The lowest BCUT2D eigenvalue weighted by atomic mass is 10.2. The first-order valence-electron chi connectivity index (χ1n) is 4.57. The van der Waals surface area contributed by atoms with E-state index in [1.54, 1.807) is 0 Å². The first-order chi connectivity index (χ1) is 7.24. The van der Waals surface area contributed by atoms with Gasteiger partial charge in [0.05, 0.1) is 0 Å². The molecule has 2 aromatic rings. The van der Waals surface area contributed by atoms with Crippen LogP contribution in [0.5, 0.6) is 0 Å². The number of aromatic nitrogens is 6. The predicted octanol–water partition coefficient (Wildman–Crippen LogP) is -0.737. The molecule has 0 atom stereocenters. The van der Waals surface area contributed by atoms with Gasteiger partial charge in [-0.25, -0.2) is 10.2 Å². The number of nitrogen functional groups attached to an aromatic ring is 2. The van der Waals surface area contributed by atoms with Crippen LogP contribution in [0.1, 0.15) is 18.1 Å². The largest absolute Gasteiger partial charge is 0.368 e. The summed E-state index contributed by atoms with van der Waals surface area (Å²) in [5, 5.41) is 13.0. The van der Waals surface area contributed by atoms with Crippen molar-refractivity contribution in [1.82, 2.24) is 30.4 Å². The molecule has 80 valence electrons. The van der Waals surface area contributed by atoms with E-state index >= 15 is 0 Å². The van der Waals surface area contributed by atoms with Gasteiger partial charge in [-0.1, -0.05) is 0 Å². The molecule has 8 nitrogen and oxygen atoms in total. The number of hydrogen-bond acceptors (Lipinski definition) is 6. The first kappa shape index (κ1) is 9.44. The predicted molar refractivity (Wildman–Crippen MR) is 53.6 cm³/mol. The van der Waals surface area contributed by atoms with Crippen molar-refractivity contribution in [2.24, 2.45) is 0 Å². The highest BCUT2D eigenvalue weighted by atomic mass is 15.3. The molecular formula is C7H12N8. The number of aryl methyl sites for hydroxylation is 2. The average molecular weight is 208 g/mol. The molecule has 6 N–H and O–H groups in total.